The quantitative estimate of drug-likeness (QED) is 0.785. The molecule has 1 atom stereocenters. The summed E-state index contributed by atoms with van der Waals surface area (Å²) in [6.45, 7) is 0. The molecule has 2 aliphatic heterocycles. The first-order valence-corrected chi connectivity index (χ1v) is 7.18. The summed E-state index contributed by atoms with van der Waals surface area (Å²) < 4.78 is 0. The van der Waals surface area contributed by atoms with Crippen LogP contribution in [0, 0.1) is 0 Å². The van der Waals surface area contributed by atoms with Gasteiger partial charge in [0.2, 0.25) is 0 Å². The molecule has 0 bridgehead atoms. The van der Waals surface area contributed by atoms with Crippen LogP contribution in [0.15, 0.2) is 66.9 Å². The number of hydrogen-bond acceptors (Lipinski definition) is 2. The zero-order valence-corrected chi connectivity index (χ0v) is 11.6. The van der Waals surface area contributed by atoms with E-state index in [0.29, 0.717) is 6.42 Å². The van der Waals surface area contributed by atoms with Gasteiger partial charge < -0.3 is 4.90 Å². The summed E-state index contributed by atoms with van der Waals surface area (Å²) in [6.07, 6.45) is 6.36. The maximum absolute atomic E-state index is 11.9. The van der Waals surface area contributed by atoms with Crippen LogP contribution in [0.25, 0.3) is 11.6 Å². The molecule has 0 amide bonds. The number of rotatable bonds is 1. The van der Waals surface area contributed by atoms with Gasteiger partial charge in [0, 0.05) is 18.3 Å². The molecule has 21 heavy (non-hydrogen) atoms. The highest BCUT2D eigenvalue weighted by Crippen LogP contribution is 2.39. The molecule has 0 saturated heterocycles. The molecule has 0 radical (unpaired) electrons. The van der Waals surface area contributed by atoms with Crippen LogP contribution in [-0.4, -0.2) is 11.8 Å². The second kappa shape index (κ2) is 4.74. The lowest BCUT2D eigenvalue weighted by Crippen LogP contribution is -2.38. The van der Waals surface area contributed by atoms with Crippen LogP contribution < -0.4 is 4.90 Å². The lowest BCUT2D eigenvalue weighted by molar-refractivity contribution is -0.114. The number of carbonyl (C=O) groups excluding carboxylic acids is 1. The largest absolute Gasteiger partial charge is 0.339 e. The summed E-state index contributed by atoms with van der Waals surface area (Å²) in [7, 11) is 0. The summed E-state index contributed by atoms with van der Waals surface area (Å²) in [5.74, 6) is 0.192. The van der Waals surface area contributed by atoms with Gasteiger partial charge in [-0.2, -0.15) is 0 Å². The Labute approximate surface area is 124 Å². The highest BCUT2D eigenvalue weighted by atomic mass is 16.1. The number of carbonyl (C=O) groups is 1. The van der Waals surface area contributed by atoms with E-state index in [-0.39, 0.29) is 11.8 Å². The van der Waals surface area contributed by atoms with Crippen molar-refractivity contribution in [3.8, 4) is 0 Å². The molecular formula is C19H15NO. The summed E-state index contributed by atoms with van der Waals surface area (Å²) in [4.78, 5) is 14.1. The van der Waals surface area contributed by atoms with Crippen LogP contribution in [0.5, 0.6) is 0 Å². The lowest BCUT2D eigenvalue weighted by atomic mass is 9.86. The number of benzene rings is 2. The third-order valence-electron chi connectivity index (χ3n) is 4.14. The molecule has 4 rings (SSSR count). The molecule has 0 saturated carbocycles. The van der Waals surface area contributed by atoms with Crippen LogP contribution in [0.3, 0.4) is 0 Å². The molecular weight excluding hydrogens is 258 g/mol. The van der Waals surface area contributed by atoms with Crippen molar-refractivity contribution >= 4 is 23.1 Å². The van der Waals surface area contributed by atoms with E-state index in [4.69, 9.17) is 0 Å². The lowest BCUT2D eigenvalue weighted by Gasteiger charge is -2.38. The fourth-order valence-corrected chi connectivity index (χ4v) is 3.15. The zero-order valence-electron chi connectivity index (χ0n) is 11.6. The van der Waals surface area contributed by atoms with Crippen LogP contribution in [0.1, 0.15) is 17.5 Å². The Balaban J connectivity index is 1.92. The molecule has 2 aromatic carbocycles. The van der Waals surface area contributed by atoms with Gasteiger partial charge in [0.1, 0.15) is 0 Å². The van der Waals surface area contributed by atoms with Crippen molar-refractivity contribution in [1.29, 1.82) is 0 Å². The minimum Gasteiger partial charge on any atom is -0.339 e. The van der Waals surface area contributed by atoms with Gasteiger partial charge in [-0.15, -0.1) is 0 Å². The SMILES string of the molecule is O=C1C=CN2c3ccccc3C=C(c3ccccc3)C2C1. The number of hydrogen-bond donors (Lipinski definition) is 0. The zero-order chi connectivity index (χ0) is 14.2. The Morgan fingerprint density at radius 3 is 2.57 bits per heavy atom. The van der Waals surface area contributed by atoms with Crippen molar-refractivity contribution in [1.82, 2.24) is 0 Å². The number of para-hydroxylation sites is 1. The molecule has 0 fully saturated rings. The van der Waals surface area contributed by atoms with Crippen LogP contribution >= 0.6 is 0 Å². The average Bonchev–Trinajstić information content (AvgIpc) is 2.54. The highest BCUT2D eigenvalue weighted by molar-refractivity contribution is 6.01. The van der Waals surface area contributed by atoms with Gasteiger partial charge in [-0.05, 0) is 34.9 Å². The van der Waals surface area contributed by atoms with Gasteiger partial charge in [-0.3, -0.25) is 4.79 Å². The second-order valence-corrected chi connectivity index (χ2v) is 5.43. The van der Waals surface area contributed by atoms with Crippen molar-refractivity contribution in [3.05, 3.63) is 78.0 Å². The molecule has 0 aliphatic carbocycles. The molecule has 2 aromatic rings. The minimum atomic E-state index is 0.0970. The topological polar surface area (TPSA) is 20.3 Å². The number of allylic oxidation sites excluding steroid dienone is 1. The van der Waals surface area contributed by atoms with Gasteiger partial charge in [-0.1, -0.05) is 48.5 Å². The van der Waals surface area contributed by atoms with Crippen LogP contribution in [0.2, 0.25) is 0 Å². The van der Waals surface area contributed by atoms with Gasteiger partial charge in [0.15, 0.2) is 5.78 Å². The standard InChI is InChI=1S/C19H15NO/c21-16-10-11-20-18-9-5-4-8-15(18)12-17(19(20)13-16)14-6-2-1-3-7-14/h1-12,19H,13H2. The van der Waals surface area contributed by atoms with E-state index in [1.807, 2.05) is 30.5 Å². The third kappa shape index (κ3) is 2.00. The number of ketones is 1. The van der Waals surface area contributed by atoms with Crippen molar-refractivity contribution in [2.45, 2.75) is 12.5 Å². The van der Waals surface area contributed by atoms with E-state index in [1.54, 1.807) is 6.08 Å². The molecule has 2 nitrogen and oxygen atoms in total. The Morgan fingerprint density at radius 1 is 0.952 bits per heavy atom. The van der Waals surface area contributed by atoms with Crippen molar-refractivity contribution < 1.29 is 4.79 Å². The summed E-state index contributed by atoms with van der Waals surface area (Å²) >= 11 is 0. The van der Waals surface area contributed by atoms with Crippen LogP contribution in [0.4, 0.5) is 5.69 Å². The van der Waals surface area contributed by atoms with Gasteiger partial charge in [0.05, 0.1) is 6.04 Å². The maximum Gasteiger partial charge on any atom is 0.159 e. The summed E-state index contributed by atoms with van der Waals surface area (Å²) in [5, 5.41) is 0. The highest BCUT2D eigenvalue weighted by Gasteiger charge is 2.31. The molecule has 2 aliphatic rings. The molecule has 0 aromatic heterocycles. The van der Waals surface area contributed by atoms with E-state index in [2.05, 4.69) is 41.3 Å². The normalized spacial score (nSPS) is 19.8. The number of anilines is 1. The van der Waals surface area contributed by atoms with E-state index >= 15 is 0 Å². The van der Waals surface area contributed by atoms with E-state index in [0.717, 1.165) is 0 Å². The monoisotopic (exact) mass is 273 g/mol. The summed E-state index contributed by atoms with van der Waals surface area (Å²) in [6, 6.07) is 18.8. The predicted octanol–water partition coefficient (Wildman–Crippen LogP) is 3.90. The Morgan fingerprint density at radius 2 is 1.71 bits per heavy atom. The third-order valence-corrected chi connectivity index (χ3v) is 4.14. The number of nitrogens with zero attached hydrogens (tertiary/aromatic N) is 1. The van der Waals surface area contributed by atoms with Gasteiger partial charge in [0.25, 0.3) is 0 Å². The Hall–Kier alpha value is -2.61. The van der Waals surface area contributed by atoms with Gasteiger partial charge >= 0.3 is 0 Å². The summed E-state index contributed by atoms with van der Waals surface area (Å²) in [5.41, 5.74) is 4.77. The van der Waals surface area contributed by atoms with Crippen molar-refractivity contribution in [3.63, 3.8) is 0 Å². The first-order valence-electron chi connectivity index (χ1n) is 7.18. The molecule has 102 valence electrons. The van der Waals surface area contributed by atoms with Crippen molar-refractivity contribution in [2.24, 2.45) is 0 Å². The van der Waals surface area contributed by atoms with E-state index in [9.17, 15) is 4.79 Å². The second-order valence-electron chi connectivity index (χ2n) is 5.43. The first-order chi connectivity index (χ1) is 10.3. The Bertz CT molecular complexity index is 758. The predicted molar refractivity (Wildman–Crippen MR) is 85.8 cm³/mol. The van der Waals surface area contributed by atoms with Crippen LogP contribution in [-0.2, 0) is 4.79 Å². The molecule has 0 spiro atoms. The fraction of sp³-hybridized carbons (Fsp3) is 0.105. The first kappa shape index (κ1) is 12.2. The maximum atomic E-state index is 11.9. The average molecular weight is 273 g/mol. The van der Waals surface area contributed by atoms with Gasteiger partial charge in [-0.25, -0.2) is 0 Å². The molecule has 0 N–H and O–H groups in total. The minimum absolute atomic E-state index is 0.0970. The fourth-order valence-electron chi connectivity index (χ4n) is 3.15. The molecule has 2 heteroatoms. The molecule has 2 heterocycles. The Kier molecular flexibility index (Phi) is 2.74. The molecule has 1 unspecified atom stereocenters. The van der Waals surface area contributed by atoms with Crippen molar-refractivity contribution in [2.75, 3.05) is 4.90 Å². The number of fused-ring (bicyclic) bond motifs is 3. The smallest absolute Gasteiger partial charge is 0.159 e. The van der Waals surface area contributed by atoms with E-state index in [1.165, 1.54) is 22.4 Å². The van der Waals surface area contributed by atoms with E-state index < -0.39 is 0 Å².